The quantitative estimate of drug-likeness (QED) is 0.279. The average Bonchev–Trinajstić information content (AvgIpc) is 1.66. The molecule has 0 saturated heterocycles. The third-order valence-corrected chi connectivity index (χ3v) is 0.767. The molecule has 0 aliphatic carbocycles. The number of hydrogen-bond acceptors (Lipinski definition) is 1. The molecule has 0 radical (unpaired) electrons. The Morgan fingerprint density at radius 1 is 1.75 bits per heavy atom. The second-order valence-electron chi connectivity index (χ2n) is 1.60. The van der Waals surface area contributed by atoms with Crippen molar-refractivity contribution in [2.75, 3.05) is 6.61 Å². The fraction of sp³-hybridized carbons (Fsp3) is 0.800. The van der Waals surface area contributed by atoms with Gasteiger partial charge in [-0.25, -0.2) is 0 Å². The molecule has 0 unspecified atom stereocenters. The molecule has 8 heavy (non-hydrogen) atoms. The predicted octanol–water partition coefficient (Wildman–Crippen LogP) is -1.12. The zero-order chi connectivity index (χ0) is 6.41. The third kappa shape index (κ3) is 5.27. The van der Waals surface area contributed by atoms with Crippen molar-refractivity contribution in [2.24, 2.45) is 5.73 Å². The molecular formula is C5H13N2O+. The van der Waals surface area contributed by atoms with Gasteiger partial charge in [0.05, 0.1) is 6.61 Å². The van der Waals surface area contributed by atoms with E-state index in [1.54, 1.807) is 0 Å². The molecule has 3 heteroatoms. The molecule has 0 aliphatic heterocycles. The standard InChI is InChI=1S/C5H12N2O/c1-2-3-4-8-5(6)7/h2-4H2,1H3,(H3,6,7)/p+1. The van der Waals surface area contributed by atoms with Crippen LogP contribution in [-0.2, 0) is 4.74 Å². The van der Waals surface area contributed by atoms with Gasteiger partial charge in [0.1, 0.15) is 0 Å². The number of nitrogens with two attached hydrogens (primary N) is 2. The molecule has 4 N–H and O–H groups in total. The molecule has 0 rings (SSSR count). The van der Waals surface area contributed by atoms with Gasteiger partial charge in [-0.1, -0.05) is 13.3 Å². The highest BCUT2D eigenvalue weighted by Gasteiger charge is 1.90. The second kappa shape index (κ2) is 4.43. The molecule has 48 valence electrons. The van der Waals surface area contributed by atoms with Gasteiger partial charge < -0.3 is 4.74 Å². The fourth-order valence-corrected chi connectivity index (χ4v) is 0.334. The first-order valence-corrected chi connectivity index (χ1v) is 2.78. The van der Waals surface area contributed by atoms with E-state index in [0.717, 1.165) is 12.8 Å². The SMILES string of the molecule is CCCCOC(N)=[NH2+]. The molecule has 0 spiro atoms. The van der Waals surface area contributed by atoms with Crippen molar-refractivity contribution in [1.29, 1.82) is 0 Å². The largest absolute Gasteiger partial charge is 0.437 e. The number of rotatable bonds is 3. The van der Waals surface area contributed by atoms with Crippen LogP contribution in [0.5, 0.6) is 0 Å². The fourth-order valence-electron chi connectivity index (χ4n) is 0.334. The molecule has 0 saturated carbocycles. The van der Waals surface area contributed by atoms with Gasteiger partial charge in [-0.2, -0.15) is 0 Å². The lowest BCUT2D eigenvalue weighted by Crippen LogP contribution is -2.47. The lowest BCUT2D eigenvalue weighted by atomic mass is 10.4. The Morgan fingerprint density at radius 2 is 2.38 bits per heavy atom. The van der Waals surface area contributed by atoms with Gasteiger partial charge in [-0.15, -0.1) is 0 Å². The Bertz CT molecular complexity index is 72.8. The molecule has 0 amide bonds. The minimum absolute atomic E-state index is 0.0680. The summed E-state index contributed by atoms with van der Waals surface area (Å²) in [7, 11) is 0. The van der Waals surface area contributed by atoms with Crippen molar-refractivity contribution in [1.82, 2.24) is 0 Å². The highest BCUT2D eigenvalue weighted by Crippen LogP contribution is 1.84. The van der Waals surface area contributed by atoms with Crippen LogP contribution in [0.4, 0.5) is 0 Å². The van der Waals surface area contributed by atoms with Crippen LogP contribution < -0.4 is 11.1 Å². The lowest BCUT2D eigenvalue weighted by molar-refractivity contribution is -0.142. The summed E-state index contributed by atoms with van der Waals surface area (Å²) in [6, 6.07) is 0.0680. The van der Waals surface area contributed by atoms with Crippen LogP contribution in [-0.4, -0.2) is 12.6 Å². The molecule has 0 aromatic rings. The molecular weight excluding hydrogens is 104 g/mol. The molecule has 3 nitrogen and oxygen atoms in total. The minimum atomic E-state index is 0.0680. The summed E-state index contributed by atoms with van der Waals surface area (Å²) in [5.74, 6) is 0. The van der Waals surface area contributed by atoms with Crippen molar-refractivity contribution < 1.29 is 10.1 Å². The Balaban J connectivity index is 2.82. The minimum Gasteiger partial charge on any atom is -0.432 e. The molecule has 0 aliphatic rings. The van der Waals surface area contributed by atoms with Gasteiger partial charge >= 0.3 is 6.02 Å². The van der Waals surface area contributed by atoms with Gasteiger partial charge in [-0.05, 0) is 6.42 Å². The van der Waals surface area contributed by atoms with Crippen molar-refractivity contribution in [2.45, 2.75) is 19.8 Å². The number of unbranched alkanes of at least 4 members (excludes halogenated alkanes) is 1. The van der Waals surface area contributed by atoms with E-state index in [0.29, 0.717) is 6.61 Å². The zero-order valence-electron chi connectivity index (χ0n) is 5.18. The predicted molar refractivity (Wildman–Crippen MR) is 32.0 cm³/mol. The van der Waals surface area contributed by atoms with Crippen LogP contribution in [0.2, 0.25) is 0 Å². The Labute approximate surface area is 49.3 Å². The summed E-state index contributed by atoms with van der Waals surface area (Å²) in [5, 5.41) is 5.01. The van der Waals surface area contributed by atoms with Gasteiger partial charge in [0.15, 0.2) is 0 Å². The average molecular weight is 117 g/mol. The van der Waals surface area contributed by atoms with Crippen molar-refractivity contribution >= 4 is 6.02 Å². The van der Waals surface area contributed by atoms with Crippen LogP contribution in [0.1, 0.15) is 19.8 Å². The summed E-state index contributed by atoms with van der Waals surface area (Å²) in [6.07, 6.45) is 2.12. The van der Waals surface area contributed by atoms with Crippen molar-refractivity contribution in [3.8, 4) is 0 Å². The summed E-state index contributed by atoms with van der Waals surface area (Å²) < 4.78 is 4.75. The molecule has 0 aromatic carbocycles. The van der Waals surface area contributed by atoms with E-state index in [2.05, 4.69) is 6.92 Å². The van der Waals surface area contributed by atoms with Crippen LogP contribution in [0.15, 0.2) is 0 Å². The maximum Gasteiger partial charge on any atom is 0.437 e. The molecule has 0 aromatic heterocycles. The van der Waals surface area contributed by atoms with Crippen molar-refractivity contribution in [3.05, 3.63) is 0 Å². The molecule has 0 bridgehead atoms. The topological polar surface area (TPSA) is 60.8 Å². The first kappa shape index (κ1) is 7.27. The Hall–Kier alpha value is -0.730. The molecule has 0 heterocycles. The first-order chi connectivity index (χ1) is 3.77. The molecule has 0 fully saturated rings. The van der Waals surface area contributed by atoms with E-state index in [-0.39, 0.29) is 6.02 Å². The first-order valence-electron chi connectivity index (χ1n) is 2.78. The normalized spacial score (nSPS) is 8.62. The van der Waals surface area contributed by atoms with Crippen LogP contribution in [0.25, 0.3) is 0 Å². The highest BCUT2D eigenvalue weighted by atomic mass is 16.5. The van der Waals surface area contributed by atoms with Crippen LogP contribution >= 0.6 is 0 Å². The van der Waals surface area contributed by atoms with E-state index in [1.165, 1.54) is 0 Å². The Morgan fingerprint density at radius 3 is 2.75 bits per heavy atom. The summed E-state index contributed by atoms with van der Waals surface area (Å²) in [5.41, 5.74) is 5.01. The zero-order valence-corrected chi connectivity index (χ0v) is 5.18. The lowest BCUT2D eigenvalue weighted by Gasteiger charge is -1.94. The van der Waals surface area contributed by atoms with Crippen LogP contribution in [0, 0.1) is 0 Å². The Kier molecular flexibility index (Phi) is 4.03. The highest BCUT2D eigenvalue weighted by molar-refractivity contribution is 5.63. The molecule has 0 atom stereocenters. The van der Waals surface area contributed by atoms with Crippen molar-refractivity contribution in [3.63, 3.8) is 0 Å². The van der Waals surface area contributed by atoms with Crippen LogP contribution in [0.3, 0.4) is 0 Å². The number of hydrogen-bond donors (Lipinski definition) is 2. The maximum atomic E-state index is 5.01. The van der Waals surface area contributed by atoms with E-state index >= 15 is 0 Å². The number of ether oxygens (including phenoxy) is 1. The summed E-state index contributed by atoms with van der Waals surface area (Å²) in [4.78, 5) is 0. The van der Waals surface area contributed by atoms with E-state index < -0.39 is 0 Å². The van der Waals surface area contributed by atoms with Gasteiger partial charge in [0, 0.05) is 0 Å². The van der Waals surface area contributed by atoms with Gasteiger partial charge in [-0.3, -0.25) is 11.1 Å². The van der Waals surface area contributed by atoms with E-state index in [1.807, 2.05) is 0 Å². The van der Waals surface area contributed by atoms with Gasteiger partial charge in [0.25, 0.3) is 0 Å². The second-order valence-corrected chi connectivity index (χ2v) is 1.60. The summed E-state index contributed by atoms with van der Waals surface area (Å²) in [6.45, 7) is 2.72. The smallest absolute Gasteiger partial charge is 0.432 e. The van der Waals surface area contributed by atoms with Gasteiger partial charge in [0.2, 0.25) is 0 Å². The summed E-state index contributed by atoms with van der Waals surface area (Å²) >= 11 is 0. The van der Waals surface area contributed by atoms with E-state index in [4.69, 9.17) is 15.9 Å². The third-order valence-electron chi connectivity index (χ3n) is 0.767. The monoisotopic (exact) mass is 117 g/mol. The number of amidine groups is 1. The maximum absolute atomic E-state index is 5.01. The van der Waals surface area contributed by atoms with E-state index in [9.17, 15) is 0 Å².